The molecule has 0 heterocycles. The number of hydrogen-bond donors (Lipinski definition) is 3. The predicted octanol–water partition coefficient (Wildman–Crippen LogP) is 3.59. The van der Waals surface area contributed by atoms with E-state index in [0.717, 1.165) is 51.4 Å². The largest absolute Gasteiger partial charge is 0.296 e. The first kappa shape index (κ1) is 20.6. The molecule has 22 heavy (non-hydrogen) atoms. The molecular formula is C17H33N3O2. The normalized spacial score (nSPS) is 13.3. The van der Waals surface area contributed by atoms with Gasteiger partial charge in [0, 0.05) is 11.8 Å². The van der Waals surface area contributed by atoms with E-state index in [1.54, 1.807) is 0 Å². The highest BCUT2D eigenvalue weighted by atomic mass is 16.2. The molecule has 0 aliphatic carbocycles. The van der Waals surface area contributed by atoms with Crippen molar-refractivity contribution in [3.05, 3.63) is 0 Å². The first-order valence-corrected chi connectivity index (χ1v) is 8.70. The summed E-state index contributed by atoms with van der Waals surface area (Å²) in [4.78, 5) is 24.2. The summed E-state index contributed by atoms with van der Waals surface area (Å²) < 4.78 is 0. The van der Waals surface area contributed by atoms with Gasteiger partial charge >= 0.3 is 0 Å². The lowest BCUT2D eigenvalue weighted by Crippen LogP contribution is -2.47. The van der Waals surface area contributed by atoms with E-state index in [9.17, 15) is 9.59 Å². The molecule has 2 amide bonds. The van der Waals surface area contributed by atoms with E-state index in [1.165, 1.54) is 0 Å². The first-order chi connectivity index (χ1) is 10.5. The third-order valence-electron chi connectivity index (χ3n) is 4.04. The van der Waals surface area contributed by atoms with Crippen LogP contribution >= 0.6 is 0 Å². The van der Waals surface area contributed by atoms with Gasteiger partial charge < -0.3 is 0 Å². The Bertz CT molecular complexity index is 324. The molecule has 0 aromatic heterocycles. The molecule has 0 spiro atoms. The van der Waals surface area contributed by atoms with Crippen LogP contribution in [0.5, 0.6) is 0 Å². The molecule has 2 unspecified atom stereocenters. The molecule has 0 fully saturated rings. The molecule has 0 rings (SSSR count). The Kier molecular flexibility index (Phi) is 11.4. The summed E-state index contributed by atoms with van der Waals surface area (Å²) in [6, 6.07) is 0. The Labute approximate surface area is 135 Å². The number of rotatable bonds is 10. The molecule has 0 aliphatic rings. The topological polar surface area (TPSA) is 82.1 Å². The van der Waals surface area contributed by atoms with Crippen molar-refractivity contribution in [1.29, 1.82) is 5.41 Å². The molecule has 3 N–H and O–H groups in total. The maximum atomic E-state index is 12.1. The minimum absolute atomic E-state index is 0.0840. The van der Waals surface area contributed by atoms with Gasteiger partial charge in [0.15, 0.2) is 0 Å². The number of unbranched alkanes of at least 4 members (excludes halogenated alkanes) is 2. The van der Waals surface area contributed by atoms with Crippen molar-refractivity contribution in [1.82, 2.24) is 10.6 Å². The molecule has 5 heteroatoms. The molecular weight excluding hydrogens is 278 g/mol. The molecule has 0 radical (unpaired) electrons. The SMILES string of the molecule is CCCCC(CC)C(=O)NC(=N)NC(=O)C(CC)CCCC. The summed E-state index contributed by atoms with van der Waals surface area (Å²) in [6.07, 6.45) is 7.26. The Hall–Kier alpha value is -1.39. The van der Waals surface area contributed by atoms with Crippen LogP contribution in [0.4, 0.5) is 0 Å². The lowest BCUT2D eigenvalue weighted by Gasteiger charge is -2.17. The van der Waals surface area contributed by atoms with Gasteiger partial charge in [-0.2, -0.15) is 0 Å². The van der Waals surface area contributed by atoms with E-state index in [2.05, 4.69) is 24.5 Å². The summed E-state index contributed by atoms with van der Waals surface area (Å²) in [5.41, 5.74) is 0. The van der Waals surface area contributed by atoms with Gasteiger partial charge in [-0.3, -0.25) is 25.6 Å². The monoisotopic (exact) mass is 311 g/mol. The molecule has 0 saturated carbocycles. The lowest BCUT2D eigenvalue weighted by atomic mass is 9.98. The van der Waals surface area contributed by atoms with Crippen LogP contribution in [0.25, 0.3) is 0 Å². The highest BCUT2D eigenvalue weighted by molar-refractivity contribution is 6.04. The summed E-state index contributed by atoms with van der Waals surface area (Å²) >= 11 is 0. The van der Waals surface area contributed by atoms with Gasteiger partial charge in [-0.1, -0.05) is 53.4 Å². The zero-order valence-corrected chi connectivity index (χ0v) is 14.6. The minimum atomic E-state index is -0.195. The second-order valence-electron chi connectivity index (χ2n) is 5.85. The van der Waals surface area contributed by atoms with Crippen molar-refractivity contribution in [2.24, 2.45) is 11.8 Å². The van der Waals surface area contributed by atoms with Crippen molar-refractivity contribution in [3.8, 4) is 0 Å². The van der Waals surface area contributed by atoms with E-state index in [1.807, 2.05) is 13.8 Å². The Morgan fingerprint density at radius 1 is 0.818 bits per heavy atom. The maximum absolute atomic E-state index is 12.1. The number of carbonyl (C=O) groups is 2. The van der Waals surface area contributed by atoms with E-state index in [4.69, 9.17) is 5.41 Å². The fourth-order valence-electron chi connectivity index (χ4n) is 2.42. The van der Waals surface area contributed by atoms with Crippen LogP contribution in [0.2, 0.25) is 0 Å². The van der Waals surface area contributed by atoms with Gasteiger partial charge in [0.1, 0.15) is 0 Å². The number of nitrogens with one attached hydrogen (secondary N) is 3. The third-order valence-corrected chi connectivity index (χ3v) is 4.04. The number of guanidine groups is 1. The molecule has 0 saturated heterocycles. The number of amides is 2. The summed E-state index contributed by atoms with van der Waals surface area (Å²) in [6.45, 7) is 8.13. The van der Waals surface area contributed by atoms with Crippen LogP contribution < -0.4 is 10.6 Å². The standard InChI is InChI=1S/C17H33N3O2/c1-5-9-11-13(7-3)15(21)19-17(18)20-16(22)14(8-4)12-10-6-2/h13-14H,5-12H2,1-4H3,(H3,18,19,20,21,22). The van der Waals surface area contributed by atoms with E-state index in [0.29, 0.717) is 0 Å². The van der Waals surface area contributed by atoms with Crippen molar-refractivity contribution < 1.29 is 9.59 Å². The summed E-state index contributed by atoms with van der Waals surface area (Å²) in [5, 5.41) is 12.8. The van der Waals surface area contributed by atoms with Crippen LogP contribution in [-0.4, -0.2) is 17.8 Å². The van der Waals surface area contributed by atoms with Crippen molar-refractivity contribution in [2.75, 3.05) is 0 Å². The Morgan fingerprint density at radius 2 is 1.18 bits per heavy atom. The zero-order chi connectivity index (χ0) is 17.0. The van der Waals surface area contributed by atoms with Gasteiger partial charge in [0.05, 0.1) is 0 Å². The molecule has 0 aliphatic heterocycles. The third kappa shape index (κ3) is 8.15. The Balaban J connectivity index is 4.35. The zero-order valence-electron chi connectivity index (χ0n) is 14.6. The quantitative estimate of drug-likeness (QED) is 0.425. The van der Waals surface area contributed by atoms with Crippen LogP contribution in [0.1, 0.15) is 79.1 Å². The Morgan fingerprint density at radius 3 is 1.45 bits per heavy atom. The minimum Gasteiger partial charge on any atom is -0.296 e. The fraction of sp³-hybridized carbons (Fsp3) is 0.824. The van der Waals surface area contributed by atoms with E-state index < -0.39 is 0 Å². The van der Waals surface area contributed by atoms with Gasteiger partial charge in [0.2, 0.25) is 17.8 Å². The lowest BCUT2D eigenvalue weighted by molar-refractivity contribution is -0.124. The predicted molar refractivity (Wildman–Crippen MR) is 90.6 cm³/mol. The first-order valence-electron chi connectivity index (χ1n) is 8.70. The van der Waals surface area contributed by atoms with Gasteiger partial charge in [0.25, 0.3) is 0 Å². The van der Waals surface area contributed by atoms with Gasteiger partial charge in [-0.15, -0.1) is 0 Å². The molecule has 2 atom stereocenters. The second-order valence-corrected chi connectivity index (χ2v) is 5.85. The van der Waals surface area contributed by atoms with Crippen LogP contribution in [-0.2, 0) is 9.59 Å². The molecule has 0 bridgehead atoms. The van der Waals surface area contributed by atoms with Crippen molar-refractivity contribution in [2.45, 2.75) is 79.1 Å². The van der Waals surface area contributed by atoms with E-state index >= 15 is 0 Å². The maximum Gasteiger partial charge on any atom is 0.229 e. The number of hydrogen-bond acceptors (Lipinski definition) is 3. The number of carbonyl (C=O) groups excluding carboxylic acids is 2. The molecule has 0 aromatic carbocycles. The van der Waals surface area contributed by atoms with Gasteiger partial charge in [-0.05, 0) is 25.7 Å². The van der Waals surface area contributed by atoms with E-state index in [-0.39, 0.29) is 29.6 Å². The fourth-order valence-corrected chi connectivity index (χ4v) is 2.42. The smallest absolute Gasteiger partial charge is 0.229 e. The van der Waals surface area contributed by atoms with Crippen LogP contribution in [0.15, 0.2) is 0 Å². The summed E-state index contributed by atoms with van der Waals surface area (Å²) in [5.74, 6) is -0.691. The summed E-state index contributed by atoms with van der Waals surface area (Å²) in [7, 11) is 0. The molecule has 5 nitrogen and oxygen atoms in total. The molecule has 128 valence electrons. The van der Waals surface area contributed by atoms with Gasteiger partial charge in [-0.25, -0.2) is 0 Å². The van der Waals surface area contributed by atoms with Crippen molar-refractivity contribution >= 4 is 17.8 Å². The highest BCUT2D eigenvalue weighted by Gasteiger charge is 2.20. The average Bonchev–Trinajstić information content (AvgIpc) is 2.48. The van der Waals surface area contributed by atoms with Crippen molar-refractivity contribution in [3.63, 3.8) is 0 Å². The highest BCUT2D eigenvalue weighted by Crippen LogP contribution is 2.13. The van der Waals surface area contributed by atoms with Crippen LogP contribution in [0, 0.1) is 17.2 Å². The molecule has 0 aromatic rings. The average molecular weight is 311 g/mol. The van der Waals surface area contributed by atoms with Crippen LogP contribution in [0.3, 0.4) is 0 Å². The second kappa shape index (κ2) is 12.2.